The summed E-state index contributed by atoms with van der Waals surface area (Å²) in [4.78, 5) is 15.4. The highest BCUT2D eigenvalue weighted by Gasteiger charge is 2.23. The molecule has 0 unspecified atom stereocenters. The summed E-state index contributed by atoms with van der Waals surface area (Å²) in [6, 6.07) is 22.0. The molecule has 168 valence electrons. The van der Waals surface area contributed by atoms with Crippen LogP contribution in [0.2, 0.25) is 0 Å². The number of nitrogens with one attached hydrogen (secondary N) is 1. The normalized spacial score (nSPS) is 14.5. The van der Waals surface area contributed by atoms with Crippen molar-refractivity contribution in [3.63, 3.8) is 0 Å². The van der Waals surface area contributed by atoms with Crippen molar-refractivity contribution in [2.45, 2.75) is 25.4 Å². The SMILES string of the molecule is COc1ccc(CN2CCC(NC(=O)c3ccccc3-c3ccccc3C#N)CC2)cc1F. The molecule has 1 heterocycles. The molecule has 0 bridgehead atoms. The lowest BCUT2D eigenvalue weighted by molar-refractivity contribution is 0.0909. The minimum absolute atomic E-state index is 0.0700. The molecule has 1 fully saturated rings. The Hall–Kier alpha value is -3.69. The van der Waals surface area contributed by atoms with Gasteiger partial charge in [-0.2, -0.15) is 5.26 Å². The topological polar surface area (TPSA) is 65.4 Å². The van der Waals surface area contributed by atoms with Crippen LogP contribution in [0.3, 0.4) is 0 Å². The van der Waals surface area contributed by atoms with E-state index < -0.39 is 0 Å². The number of carbonyl (C=O) groups is 1. The Balaban J connectivity index is 1.38. The van der Waals surface area contributed by atoms with Crippen molar-refractivity contribution < 1.29 is 13.9 Å². The second-order valence-corrected chi connectivity index (χ2v) is 8.20. The number of hydrogen-bond acceptors (Lipinski definition) is 4. The van der Waals surface area contributed by atoms with Gasteiger partial charge in [-0.05, 0) is 48.2 Å². The maximum atomic E-state index is 14.0. The Kier molecular flexibility index (Phi) is 7.01. The first-order chi connectivity index (χ1) is 16.1. The van der Waals surface area contributed by atoms with Gasteiger partial charge in [-0.15, -0.1) is 0 Å². The van der Waals surface area contributed by atoms with Gasteiger partial charge in [0.25, 0.3) is 5.91 Å². The number of halogens is 1. The first-order valence-electron chi connectivity index (χ1n) is 11.0. The largest absolute Gasteiger partial charge is 0.494 e. The summed E-state index contributed by atoms with van der Waals surface area (Å²) in [5, 5.41) is 12.6. The van der Waals surface area contributed by atoms with Crippen LogP contribution in [-0.4, -0.2) is 37.0 Å². The molecule has 0 atom stereocenters. The van der Waals surface area contributed by atoms with Crippen molar-refractivity contribution >= 4 is 5.91 Å². The lowest BCUT2D eigenvalue weighted by Gasteiger charge is -2.32. The zero-order valence-electron chi connectivity index (χ0n) is 18.6. The predicted molar refractivity (Wildman–Crippen MR) is 125 cm³/mol. The van der Waals surface area contributed by atoms with E-state index >= 15 is 0 Å². The summed E-state index contributed by atoms with van der Waals surface area (Å²) in [6.07, 6.45) is 1.64. The first-order valence-corrected chi connectivity index (χ1v) is 11.0. The molecule has 0 saturated carbocycles. The quantitative estimate of drug-likeness (QED) is 0.596. The van der Waals surface area contributed by atoms with Crippen LogP contribution in [0, 0.1) is 17.1 Å². The highest BCUT2D eigenvalue weighted by atomic mass is 19.1. The van der Waals surface area contributed by atoms with Gasteiger partial charge in [-0.3, -0.25) is 9.69 Å². The van der Waals surface area contributed by atoms with E-state index in [1.807, 2.05) is 42.5 Å². The van der Waals surface area contributed by atoms with Crippen LogP contribution in [0.5, 0.6) is 5.75 Å². The van der Waals surface area contributed by atoms with E-state index in [1.54, 1.807) is 18.2 Å². The van der Waals surface area contributed by atoms with Crippen LogP contribution >= 0.6 is 0 Å². The zero-order chi connectivity index (χ0) is 23.2. The average molecular weight is 444 g/mol. The van der Waals surface area contributed by atoms with Gasteiger partial charge < -0.3 is 10.1 Å². The highest BCUT2D eigenvalue weighted by Crippen LogP contribution is 2.27. The number of hydrogen-bond donors (Lipinski definition) is 1. The van der Waals surface area contributed by atoms with Gasteiger partial charge in [0, 0.05) is 36.8 Å². The Morgan fingerprint density at radius 2 is 1.79 bits per heavy atom. The van der Waals surface area contributed by atoms with Crippen LogP contribution in [-0.2, 0) is 6.54 Å². The number of nitriles is 1. The van der Waals surface area contributed by atoms with Crippen molar-refractivity contribution in [3.05, 3.63) is 89.2 Å². The molecular weight excluding hydrogens is 417 g/mol. The third-order valence-corrected chi connectivity index (χ3v) is 6.05. The number of piperidine rings is 1. The minimum atomic E-state index is -0.353. The summed E-state index contributed by atoms with van der Waals surface area (Å²) in [6.45, 7) is 2.30. The van der Waals surface area contributed by atoms with Crippen molar-refractivity contribution in [3.8, 4) is 22.9 Å². The number of nitrogens with zero attached hydrogens (tertiary/aromatic N) is 2. The maximum Gasteiger partial charge on any atom is 0.252 e. The smallest absolute Gasteiger partial charge is 0.252 e. The molecule has 3 aromatic carbocycles. The summed E-state index contributed by atoms with van der Waals surface area (Å²) >= 11 is 0. The number of carbonyl (C=O) groups excluding carboxylic acids is 1. The summed E-state index contributed by atoms with van der Waals surface area (Å²) < 4.78 is 18.9. The summed E-state index contributed by atoms with van der Waals surface area (Å²) in [5.74, 6) is -0.236. The Bertz CT molecular complexity index is 1180. The van der Waals surface area contributed by atoms with Gasteiger partial charge in [0.2, 0.25) is 0 Å². The van der Waals surface area contributed by atoms with Crippen LogP contribution < -0.4 is 10.1 Å². The number of amides is 1. The lowest BCUT2D eigenvalue weighted by Crippen LogP contribution is -2.44. The van der Waals surface area contributed by atoms with Crippen molar-refractivity contribution in [2.75, 3.05) is 20.2 Å². The van der Waals surface area contributed by atoms with Crippen LogP contribution in [0.1, 0.15) is 34.3 Å². The molecule has 6 heteroatoms. The van der Waals surface area contributed by atoms with E-state index in [0.29, 0.717) is 17.7 Å². The molecule has 0 aliphatic carbocycles. The van der Waals surface area contributed by atoms with Crippen LogP contribution in [0.15, 0.2) is 66.7 Å². The predicted octanol–water partition coefficient (Wildman–Crippen LogP) is 4.77. The number of methoxy groups -OCH3 is 1. The molecule has 0 aromatic heterocycles. The highest BCUT2D eigenvalue weighted by molar-refractivity contribution is 6.01. The van der Waals surface area contributed by atoms with Crippen LogP contribution in [0.25, 0.3) is 11.1 Å². The molecule has 1 aliphatic heterocycles. The molecule has 0 spiro atoms. The zero-order valence-corrected chi connectivity index (χ0v) is 18.6. The average Bonchev–Trinajstić information content (AvgIpc) is 2.85. The van der Waals surface area contributed by atoms with E-state index in [2.05, 4.69) is 16.3 Å². The second kappa shape index (κ2) is 10.3. The Labute approximate surface area is 193 Å². The van der Waals surface area contributed by atoms with Gasteiger partial charge in [0.05, 0.1) is 18.7 Å². The fourth-order valence-corrected chi connectivity index (χ4v) is 4.30. The molecule has 1 aliphatic rings. The van der Waals surface area contributed by atoms with Gasteiger partial charge >= 0.3 is 0 Å². The number of benzene rings is 3. The lowest BCUT2D eigenvalue weighted by atomic mass is 9.95. The van der Waals surface area contributed by atoms with Crippen molar-refractivity contribution in [1.29, 1.82) is 5.26 Å². The van der Waals surface area contributed by atoms with Gasteiger partial charge in [-0.1, -0.05) is 42.5 Å². The number of ether oxygens (including phenoxy) is 1. The number of rotatable bonds is 6. The fourth-order valence-electron chi connectivity index (χ4n) is 4.30. The van der Waals surface area contributed by atoms with Crippen LogP contribution in [0.4, 0.5) is 4.39 Å². The first kappa shape index (κ1) is 22.5. The number of likely N-dealkylation sites (tertiary alicyclic amines) is 1. The fraction of sp³-hybridized carbons (Fsp3) is 0.259. The molecule has 4 rings (SSSR count). The van der Waals surface area contributed by atoms with Crippen molar-refractivity contribution in [2.24, 2.45) is 0 Å². The molecular formula is C27H26FN3O2. The van der Waals surface area contributed by atoms with E-state index in [4.69, 9.17) is 4.74 Å². The molecule has 33 heavy (non-hydrogen) atoms. The van der Waals surface area contributed by atoms with E-state index in [9.17, 15) is 14.4 Å². The third kappa shape index (κ3) is 5.21. The van der Waals surface area contributed by atoms with Crippen molar-refractivity contribution in [1.82, 2.24) is 10.2 Å². The van der Waals surface area contributed by atoms with E-state index in [0.717, 1.165) is 42.6 Å². The molecule has 5 nitrogen and oxygen atoms in total. The standard InChI is InChI=1S/C27H26FN3O2/c1-33-26-11-10-19(16-25(26)28)18-31-14-12-21(13-15-31)30-27(32)24-9-5-4-8-23(24)22-7-3-2-6-20(22)17-29/h2-11,16,21H,12-15,18H2,1H3,(H,30,32). The maximum absolute atomic E-state index is 14.0. The van der Waals surface area contributed by atoms with Gasteiger partial charge in [-0.25, -0.2) is 4.39 Å². The van der Waals surface area contributed by atoms with E-state index in [1.165, 1.54) is 13.2 Å². The molecule has 1 saturated heterocycles. The van der Waals surface area contributed by atoms with Gasteiger partial charge in [0.1, 0.15) is 0 Å². The molecule has 1 amide bonds. The third-order valence-electron chi connectivity index (χ3n) is 6.05. The molecule has 3 aromatic rings. The Morgan fingerprint density at radius 3 is 2.48 bits per heavy atom. The summed E-state index contributed by atoms with van der Waals surface area (Å²) in [5.41, 5.74) is 3.52. The van der Waals surface area contributed by atoms with Gasteiger partial charge in [0.15, 0.2) is 11.6 Å². The molecule has 1 N–H and O–H groups in total. The molecule has 0 radical (unpaired) electrons. The summed E-state index contributed by atoms with van der Waals surface area (Å²) in [7, 11) is 1.46. The Morgan fingerprint density at radius 1 is 1.09 bits per heavy atom. The minimum Gasteiger partial charge on any atom is -0.494 e. The van der Waals surface area contributed by atoms with E-state index in [-0.39, 0.29) is 23.5 Å². The monoisotopic (exact) mass is 443 g/mol. The second-order valence-electron chi connectivity index (χ2n) is 8.20.